The Morgan fingerprint density at radius 3 is 2.67 bits per heavy atom. The van der Waals surface area contributed by atoms with Gasteiger partial charge in [-0.2, -0.15) is 0 Å². The third kappa shape index (κ3) is 4.04. The summed E-state index contributed by atoms with van der Waals surface area (Å²) in [5.41, 5.74) is 0. The standard InChI is InChI=1S/C9H12ClF2N3O2S/c1-2-13-9-7(10)3-6(4-14-9)18(16,17)15-5-8(11)12/h3-4,8,15H,2,5H2,1H3,(H,13,14). The van der Waals surface area contributed by atoms with E-state index in [0.29, 0.717) is 12.4 Å². The molecule has 102 valence electrons. The van der Waals surface area contributed by atoms with Gasteiger partial charge < -0.3 is 5.32 Å². The lowest BCUT2D eigenvalue weighted by Crippen LogP contribution is -2.28. The van der Waals surface area contributed by atoms with E-state index in [9.17, 15) is 17.2 Å². The number of alkyl halides is 2. The fourth-order valence-corrected chi connectivity index (χ4v) is 2.40. The second kappa shape index (κ2) is 6.26. The predicted octanol–water partition coefficient (Wildman–Crippen LogP) is 1.71. The normalized spacial score (nSPS) is 11.8. The van der Waals surface area contributed by atoms with E-state index in [4.69, 9.17) is 11.6 Å². The Balaban J connectivity index is 2.93. The van der Waals surface area contributed by atoms with Crippen LogP contribution < -0.4 is 10.0 Å². The number of hydrogen-bond donors (Lipinski definition) is 2. The van der Waals surface area contributed by atoms with Gasteiger partial charge in [-0.3, -0.25) is 0 Å². The molecule has 0 amide bonds. The van der Waals surface area contributed by atoms with Crippen LogP contribution in [0.25, 0.3) is 0 Å². The molecule has 9 heteroatoms. The molecule has 0 aromatic carbocycles. The van der Waals surface area contributed by atoms with Crippen LogP contribution in [-0.2, 0) is 10.0 Å². The highest BCUT2D eigenvalue weighted by molar-refractivity contribution is 7.89. The molecule has 0 spiro atoms. The largest absolute Gasteiger partial charge is 0.369 e. The number of sulfonamides is 1. The van der Waals surface area contributed by atoms with Crippen molar-refractivity contribution in [1.82, 2.24) is 9.71 Å². The number of halogens is 3. The van der Waals surface area contributed by atoms with Crippen molar-refractivity contribution in [2.24, 2.45) is 0 Å². The lowest BCUT2D eigenvalue weighted by Gasteiger charge is -2.08. The van der Waals surface area contributed by atoms with E-state index in [1.165, 1.54) is 0 Å². The molecule has 1 heterocycles. The summed E-state index contributed by atoms with van der Waals surface area (Å²) >= 11 is 5.81. The fourth-order valence-electron chi connectivity index (χ4n) is 1.12. The summed E-state index contributed by atoms with van der Waals surface area (Å²) in [6, 6.07) is 1.15. The molecule has 0 radical (unpaired) electrons. The zero-order valence-electron chi connectivity index (χ0n) is 9.45. The van der Waals surface area contributed by atoms with Crippen LogP contribution in [0.3, 0.4) is 0 Å². The van der Waals surface area contributed by atoms with Crippen LogP contribution in [0.1, 0.15) is 6.92 Å². The van der Waals surface area contributed by atoms with Gasteiger partial charge in [0.1, 0.15) is 10.7 Å². The zero-order chi connectivity index (χ0) is 13.8. The number of aromatic nitrogens is 1. The topological polar surface area (TPSA) is 71.1 Å². The van der Waals surface area contributed by atoms with Crippen LogP contribution in [0.15, 0.2) is 17.2 Å². The molecule has 0 saturated heterocycles. The highest BCUT2D eigenvalue weighted by Crippen LogP contribution is 2.22. The molecule has 0 unspecified atom stereocenters. The van der Waals surface area contributed by atoms with Crippen molar-refractivity contribution in [2.75, 3.05) is 18.4 Å². The number of hydrogen-bond acceptors (Lipinski definition) is 4. The maximum Gasteiger partial charge on any atom is 0.251 e. The lowest BCUT2D eigenvalue weighted by molar-refractivity contribution is 0.153. The van der Waals surface area contributed by atoms with Crippen molar-refractivity contribution >= 4 is 27.4 Å². The molecule has 0 saturated carbocycles. The first-order valence-electron chi connectivity index (χ1n) is 5.04. The molecule has 1 aromatic heterocycles. The van der Waals surface area contributed by atoms with Crippen molar-refractivity contribution in [3.8, 4) is 0 Å². The molecule has 0 bridgehead atoms. The molecule has 0 aliphatic heterocycles. The molecule has 0 aliphatic rings. The predicted molar refractivity (Wildman–Crippen MR) is 64.6 cm³/mol. The quantitative estimate of drug-likeness (QED) is 0.839. The van der Waals surface area contributed by atoms with Gasteiger partial charge in [-0.25, -0.2) is 26.9 Å². The summed E-state index contributed by atoms with van der Waals surface area (Å²) in [7, 11) is -4.01. The van der Waals surface area contributed by atoms with Crippen LogP contribution in [0.2, 0.25) is 5.02 Å². The van der Waals surface area contributed by atoms with Crippen molar-refractivity contribution in [3.05, 3.63) is 17.3 Å². The van der Waals surface area contributed by atoms with Crippen molar-refractivity contribution < 1.29 is 17.2 Å². The minimum atomic E-state index is -4.01. The first-order valence-corrected chi connectivity index (χ1v) is 6.90. The summed E-state index contributed by atoms with van der Waals surface area (Å²) in [5, 5.41) is 2.93. The molecule has 0 aliphatic carbocycles. The van der Waals surface area contributed by atoms with Gasteiger partial charge in [0, 0.05) is 12.7 Å². The Bertz CT molecular complexity index is 511. The van der Waals surface area contributed by atoms with Gasteiger partial charge in [0.15, 0.2) is 0 Å². The van der Waals surface area contributed by atoms with Gasteiger partial charge in [-0.05, 0) is 13.0 Å². The zero-order valence-corrected chi connectivity index (χ0v) is 11.0. The van der Waals surface area contributed by atoms with Gasteiger partial charge in [0.05, 0.1) is 11.6 Å². The van der Waals surface area contributed by atoms with Crippen molar-refractivity contribution in [2.45, 2.75) is 18.2 Å². The van der Waals surface area contributed by atoms with E-state index in [-0.39, 0.29) is 9.92 Å². The van der Waals surface area contributed by atoms with E-state index < -0.39 is 23.0 Å². The van der Waals surface area contributed by atoms with E-state index >= 15 is 0 Å². The molecular weight excluding hydrogens is 288 g/mol. The Kier molecular flexibility index (Phi) is 5.24. The van der Waals surface area contributed by atoms with Crippen LogP contribution in [0, 0.1) is 0 Å². The molecular formula is C9H12ClF2N3O2S. The highest BCUT2D eigenvalue weighted by Gasteiger charge is 2.18. The van der Waals surface area contributed by atoms with Gasteiger partial charge in [0.2, 0.25) is 10.0 Å². The third-order valence-corrected chi connectivity index (χ3v) is 3.58. The first kappa shape index (κ1) is 15.1. The highest BCUT2D eigenvalue weighted by atomic mass is 35.5. The fraction of sp³-hybridized carbons (Fsp3) is 0.444. The third-order valence-electron chi connectivity index (χ3n) is 1.90. The SMILES string of the molecule is CCNc1ncc(S(=O)(=O)NCC(F)F)cc1Cl. The van der Waals surface area contributed by atoms with Gasteiger partial charge in [-0.1, -0.05) is 11.6 Å². The number of rotatable bonds is 6. The summed E-state index contributed by atoms with van der Waals surface area (Å²) in [5.74, 6) is 0.340. The van der Waals surface area contributed by atoms with Gasteiger partial charge >= 0.3 is 0 Å². The van der Waals surface area contributed by atoms with Crippen LogP contribution in [0.5, 0.6) is 0 Å². The Hall–Kier alpha value is -0.990. The van der Waals surface area contributed by atoms with E-state index in [0.717, 1.165) is 12.3 Å². The maximum absolute atomic E-state index is 11.9. The summed E-state index contributed by atoms with van der Waals surface area (Å²) in [4.78, 5) is 3.56. The maximum atomic E-state index is 11.9. The number of nitrogens with one attached hydrogen (secondary N) is 2. The molecule has 18 heavy (non-hydrogen) atoms. The lowest BCUT2D eigenvalue weighted by atomic mass is 10.4. The van der Waals surface area contributed by atoms with E-state index in [1.807, 2.05) is 6.92 Å². The van der Waals surface area contributed by atoms with E-state index in [1.54, 1.807) is 4.72 Å². The minimum absolute atomic E-state index is 0.108. The minimum Gasteiger partial charge on any atom is -0.369 e. The second-order valence-corrected chi connectivity index (χ2v) is 5.45. The summed E-state index contributed by atoms with van der Waals surface area (Å²) in [6.45, 7) is 1.45. The van der Waals surface area contributed by atoms with Crippen LogP contribution >= 0.6 is 11.6 Å². The summed E-state index contributed by atoms with van der Waals surface area (Å²) < 4.78 is 48.8. The number of nitrogens with zero attached hydrogens (tertiary/aromatic N) is 1. The number of anilines is 1. The van der Waals surface area contributed by atoms with Crippen molar-refractivity contribution in [3.63, 3.8) is 0 Å². The Morgan fingerprint density at radius 2 is 2.17 bits per heavy atom. The Morgan fingerprint density at radius 1 is 1.50 bits per heavy atom. The van der Waals surface area contributed by atoms with E-state index in [2.05, 4.69) is 10.3 Å². The van der Waals surface area contributed by atoms with Gasteiger partial charge in [0.25, 0.3) is 6.43 Å². The first-order chi connectivity index (χ1) is 8.36. The summed E-state index contributed by atoms with van der Waals surface area (Å²) in [6.07, 6.45) is -1.71. The monoisotopic (exact) mass is 299 g/mol. The van der Waals surface area contributed by atoms with Crippen molar-refractivity contribution in [1.29, 1.82) is 0 Å². The van der Waals surface area contributed by atoms with Gasteiger partial charge in [-0.15, -0.1) is 0 Å². The molecule has 2 N–H and O–H groups in total. The van der Waals surface area contributed by atoms with Crippen LogP contribution in [0.4, 0.5) is 14.6 Å². The molecule has 0 fully saturated rings. The molecule has 1 aromatic rings. The average Bonchev–Trinajstić information content (AvgIpc) is 2.29. The average molecular weight is 300 g/mol. The molecule has 5 nitrogen and oxygen atoms in total. The number of pyridine rings is 1. The smallest absolute Gasteiger partial charge is 0.251 e. The second-order valence-electron chi connectivity index (χ2n) is 3.27. The molecule has 0 atom stereocenters. The Labute approximate surface area is 109 Å². The van der Waals surface area contributed by atoms with Crippen LogP contribution in [-0.4, -0.2) is 32.9 Å². The molecule has 1 rings (SSSR count).